The van der Waals surface area contributed by atoms with Crippen LogP contribution < -0.4 is 0 Å². The molecule has 3 aromatic rings. The lowest BCUT2D eigenvalue weighted by Gasteiger charge is -2.27. The second-order valence-corrected chi connectivity index (χ2v) is 6.31. The predicted molar refractivity (Wildman–Crippen MR) is 98.9 cm³/mol. The molecule has 3 rings (SSSR count). The second-order valence-electron chi connectivity index (χ2n) is 5.90. The van der Waals surface area contributed by atoms with Gasteiger partial charge in [-0.3, -0.25) is 9.78 Å². The third-order valence-electron chi connectivity index (χ3n) is 4.39. The minimum atomic E-state index is -0.271. The van der Waals surface area contributed by atoms with Crippen molar-refractivity contribution in [3.8, 4) is 0 Å². The summed E-state index contributed by atoms with van der Waals surface area (Å²) in [7, 11) is 5.25. The summed E-state index contributed by atoms with van der Waals surface area (Å²) in [6.07, 6.45) is 1.72. The summed E-state index contributed by atoms with van der Waals surface area (Å²) in [6, 6.07) is 12.9. The number of halogens is 1. The average Bonchev–Trinajstić information content (AvgIpc) is 2.97. The van der Waals surface area contributed by atoms with Crippen LogP contribution in [0.15, 0.2) is 48.7 Å². The van der Waals surface area contributed by atoms with E-state index in [-0.39, 0.29) is 11.9 Å². The van der Waals surface area contributed by atoms with E-state index in [1.165, 1.54) is 0 Å². The van der Waals surface area contributed by atoms with E-state index >= 15 is 0 Å². The van der Waals surface area contributed by atoms with Gasteiger partial charge in [0.25, 0.3) is 5.91 Å². The predicted octanol–water partition coefficient (Wildman–Crippen LogP) is 3.69. The Morgan fingerprint density at radius 2 is 2.12 bits per heavy atom. The molecule has 0 aliphatic carbocycles. The van der Waals surface area contributed by atoms with E-state index in [0.29, 0.717) is 17.3 Å². The van der Waals surface area contributed by atoms with E-state index in [9.17, 15) is 4.79 Å². The van der Waals surface area contributed by atoms with Crippen molar-refractivity contribution in [1.29, 1.82) is 0 Å². The lowest BCUT2D eigenvalue weighted by Crippen LogP contribution is -2.35. The Labute approximate surface area is 151 Å². The number of carbonyl (C=O) groups is 1. The van der Waals surface area contributed by atoms with Gasteiger partial charge < -0.3 is 14.2 Å². The summed E-state index contributed by atoms with van der Waals surface area (Å²) in [5, 5.41) is 1.50. The van der Waals surface area contributed by atoms with E-state index in [1.54, 1.807) is 25.3 Å². The largest absolute Gasteiger partial charge is 0.382 e. The van der Waals surface area contributed by atoms with Crippen LogP contribution in [0.5, 0.6) is 0 Å². The molecule has 0 N–H and O–H groups in total. The van der Waals surface area contributed by atoms with E-state index in [4.69, 9.17) is 16.3 Å². The number of rotatable bonds is 5. The van der Waals surface area contributed by atoms with Crippen molar-refractivity contribution in [2.45, 2.75) is 6.04 Å². The summed E-state index contributed by atoms with van der Waals surface area (Å²) in [5.41, 5.74) is 2.28. The number of hydrogen-bond donors (Lipinski definition) is 0. The van der Waals surface area contributed by atoms with Gasteiger partial charge in [-0.05, 0) is 30.3 Å². The molecule has 1 atom stereocenters. The van der Waals surface area contributed by atoms with Crippen LogP contribution in [-0.4, -0.2) is 41.1 Å². The Morgan fingerprint density at radius 3 is 2.76 bits per heavy atom. The Morgan fingerprint density at radius 1 is 1.32 bits per heavy atom. The van der Waals surface area contributed by atoms with Gasteiger partial charge in [0, 0.05) is 43.3 Å². The number of benzene rings is 1. The van der Waals surface area contributed by atoms with Crippen LogP contribution in [0, 0.1) is 0 Å². The minimum absolute atomic E-state index is 0.109. The van der Waals surface area contributed by atoms with Gasteiger partial charge in [0.15, 0.2) is 0 Å². The molecular weight excluding hydrogens is 338 g/mol. The first-order chi connectivity index (χ1) is 12.0. The molecule has 1 amide bonds. The van der Waals surface area contributed by atoms with Crippen molar-refractivity contribution in [3.05, 3.63) is 65.1 Å². The molecule has 0 saturated heterocycles. The van der Waals surface area contributed by atoms with Crippen molar-refractivity contribution < 1.29 is 9.53 Å². The number of nitrogens with zero attached hydrogens (tertiary/aromatic N) is 3. The molecule has 25 heavy (non-hydrogen) atoms. The maximum absolute atomic E-state index is 13.1. The topological polar surface area (TPSA) is 47.4 Å². The number of ether oxygens (including phenoxy) is 1. The normalized spacial score (nSPS) is 12.3. The molecular formula is C19H20ClN3O2. The summed E-state index contributed by atoms with van der Waals surface area (Å²) >= 11 is 6.27. The Hall–Kier alpha value is -2.37. The van der Waals surface area contributed by atoms with Crippen molar-refractivity contribution >= 4 is 28.4 Å². The number of pyridine rings is 1. The minimum Gasteiger partial charge on any atom is -0.382 e. The highest BCUT2D eigenvalue weighted by Gasteiger charge is 2.26. The zero-order chi connectivity index (χ0) is 18.0. The van der Waals surface area contributed by atoms with Crippen LogP contribution in [0.4, 0.5) is 0 Å². The molecule has 130 valence electrons. The van der Waals surface area contributed by atoms with Crippen LogP contribution in [-0.2, 0) is 11.8 Å². The molecule has 0 radical (unpaired) electrons. The van der Waals surface area contributed by atoms with Crippen LogP contribution in [0.1, 0.15) is 22.2 Å². The van der Waals surface area contributed by atoms with Crippen LogP contribution in [0.25, 0.3) is 10.9 Å². The highest BCUT2D eigenvalue weighted by Crippen LogP contribution is 2.28. The van der Waals surface area contributed by atoms with Gasteiger partial charge >= 0.3 is 0 Å². The van der Waals surface area contributed by atoms with Crippen molar-refractivity contribution in [2.75, 3.05) is 20.8 Å². The van der Waals surface area contributed by atoms with Crippen molar-refractivity contribution in [1.82, 2.24) is 14.5 Å². The Balaban J connectivity index is 1.99. The SMILES string of the molecule is COC[C@H](c1ccccn1)N(C)C(=O)c1cc2c(Cl)cccc2n1C. The number of hydrogen-bond acceptors (Lipinski definition) is 3. The first-order valence-corrected chi connectivity index (χ1v) is 8.33. The van der Waals surface area contributed by atoms with Crippen LogP contribution in [0.2, 0.25) is 5.02 Å². The Bertz CT molecular complexity index is 892. The fourth-order valence-corrected chi connectivity index (χ4v) is 3.20. The highest BCUT2D eigenvalue weighted by molar-refractivity contribution is 6.35. The fourth-order valence-electron chi connectivity index (χ4n) is 2.98. The third-order valence-corrected chi connectivity index (χ3v) is 4.72. The van der Waals surface area contributed by atoms with Gasteiger partial charge in [-0.15, -0.1) is 0 Å². The third kappa shape index (κ3) is 3.25. The van der Waals surface area contributed by atoms with E-state index in [2.05, 4.69) is 4.98 Å². The number of aryl methyl sites for hydroxylation is 1. The summed E-state index contributed by atoms with van der Waals surface area (Å²) in [5.74, 6) is -0.109. The monoisotopic (exact) mass is 357 g/mol. The molecule has 0 spiro atoms. The van der Waals surface area contributed by atoms with E-state index < -0.39 is 0 Å². The van der Waals surface area contributed by atoms with Gasteiger partial charge in [-0.1, -0.05) is 23.7 Å². The lowest BCUT2D eigenvalue weighted by atomic mass is 10.1. The molecule has 0 bridgehead atoms. The number of aromatic nitrogens is 2. The smallest absolute Gasteiger partial charge is 0.270 e. The van der Waals surface area contributed by atoms with Crippen molar-refractivity contribution in [2.24, 2.45) is 7.05 Å². The maximum Gasteiger partial charge on any atom is 0.270 e. The zero-order valence-electron chi connectivity index (χ0n) is 14.4. The number of likely N-dealkylation sites (N-methyl/N-ethyl adjacent to an activating group) is 1. The molecule has 0 unspecified atom stereocenters. The molecule has 0 fully saturated rings. The number of fused-ring (bicyclic) bond motifs is 1. The molecule has 0 aliphatic heterocycles. The molecule has 2 aromatic heterocycles. The Kier molecular flexibility index (Phi) is 5.06. The average molecular weight is 358 g/mol. The molecule has 2 heterocycles. The van der Waals surface area contributed by atoms with Gasteiger partial charge in [0.1, 0.15) is 5.69 Å². The first-order valence-electron chi connectivity index (χ1n) is 7.95. The molecule has 0 saturated carbocycles. The lowest BCUT2D eigenvalue weighted by molar-refractivity contribution is 0.0586. The standard InChI is InChI=1S/C19H20ClN3O2/c1-22-16-9-6-7-14(20)13(16)11-17(22)19(24)23(2)18(12-25-3)15-8-4-5-10-21-15/h4-11,18H,12H2,1-3H3/t18-/m1/s1. The summed E-state index contributed by atoms with van der Waals surface area (Å²) in [6.45, 7) is 0.365. The van der Waals surface area contributed by atoms with Gasteiger partial charge in [-0.2, -0.15) is 0 Å². The van der Waals surface area contributed by atoms with Gasteiger partial charge in [0.2, 0.25) is 0 Å². The van der Waals surface area contributed by atoms with Crippen molar-refractivity contribution in [3.63, 3.8) is 0 Å². The number of methoxy groups -OCH3 is 1. The molecule has 5 nitrogen and oxygen atoms in total. The van der Waals surface area contributed by atoms with E-state index in [0.717, 1.165) is 16.6 Å². The van der Waals surface area contributed by atoms with Gasteiger partial charge in [0.05, 0.1) is 18.3 Å². The summed E-state index contributed by atoms with van der Waals surface area (Å²) < 4.78 is 7.18. The second kappa shape index (κ2) is 7.25. The quantitative estimate of drug-likeness (QED) is 0.699. The van der Waals surface area contributed by atoms with Crippen LogP contribution >= 0.6 is 11.6 Å². The number of amides is 1. The van der Waals surface area contributed by atoms with Crippen LogP contribution in [0.3, 0.4) is 0 Å². The maximum atomic E-state index is 13.1. The highest BCUT2D eigenvalue weighted by atomic mass is 35.5. The number of carbonyl (C=O) groups excluding carboxylic acids is 1. The van der Waals surface area contributed by atoms with Gasteiger partial charge in [-0.25, -0.2) is 0 Å². The molecule has 6 heteroatoms. The summed E-state index contributed by atoms with van der Waals surface area (Å²) in [4.78, 5) is 19.1. The fraction of sp³-hybridized carbons (Fsp3) is 0.263. The molecule has 0 aliphatic rings. The first kappa shape index (κ1) is 17.5. The zero-order valence-corrected chi connectivity index (χ0v) is 15.2. The van der Waals surface area contributed by atoms with E-state index in [1.807, 2.05) is 54.1 Å². The molecule has 1 aromatic carbocycles.